The van der Waals surface area contributed by atoms with E-state index < -0.39 is 0 Å². The van der Waals surface area contributed by atoms with Gasteiger partial charge in [0.1, 0.15) is 5.69 Å². The Morgan fingerprint density at radius 3 is 2.76 bits per heavy atom. The molecule has 21 heavy (non-hydrogen) atoms. The molecule has 2 aromatic rings. The predicted octanol–water partition coefficient (Wildman–Crippen LogP) is 4.72. The standard InChI is InChI=1S/C13H13ClN4OS2/c1-3-19-12-11(8(2)17-18(12)13(20)21)16-15-10-7-5-4-6-9(10)14/h4-7H,3H2,1-2H3,(H,20,21). The van der Waals surface area contributed by atoms with Crippen LogP contribution in [-0.2, 0) is 0 Å². The minimum atomic E-state index is 0.278. The fraction of sp³-hybridized carbons (Fsp3) is 0.231. The Kier molecular flexibility index (Phi) is 5.33. The van der Waals surface area contributed by atoms with Gasteiger partial charge in [-0.05, 0) is 26.0 Å². The largest absolute Gasteiger partial charge is 0.476 e. The third-order valence-electron chi connectivity index (χ3n) is 2.56. The molecule has 0 aliphatic rings. The first-order valence-corrected chi connectivity index (χ1v) is 7.40. The average molecular weight is 341 g/mol. The van der Waals surface area contributed by atoms with Crippen LogP contribution < -0.4 is 4.74 Å². The molecule has 0 spiro atoms. The number of aromatic nitrogens is 2. The molecule has 0 saturated carbocycles. The number of ether oxygens (including phenoxy) is 1. The van der Waals surface area contributed by atoms with Gasteiger partial charge in [-0.25, -0.2) is 0 Å². The number of azo groups is 1. The summed E-state index contributed by atoms with van der Waals surface area (Å²) in [5.74, 6) is 0.422. The van der Waals surface area contributed by atoms with E-state index in [2.05, 4.69) is 28.0 Å². The highest BCUT2D eigenvalue weighted by Gasteiger charge is 2.18. The normalized spacial score (nSPS) is 11.0. The van der Waals surface area contributed by atoms with E-state index in [1.165, 1.54) is 4.68 Å². The second-order valence-electron chi connectivity index (χ2n) is 4.02. The minimum Gasteiger partial charge on any atom is -0.476 e. The van der Waals surface area contributed by atoms with Crippen molar-refractivity contribution in [2.45, 2.75) is 13.8 Å². The zero-order chi connectivity index (χ0) is 15.4. The maximum absolute atomic E-state index is 6.05. The van der Waals surface area contributed by atoms with Crippen LogP contribution in [0.5, 0.6) is 5.88 Å². The summed E-state index contributed by atoms with van der Waals surface area (Å²) in [6, 6.07) is 7.19. The Morgan fingerprint density at radius 2 is 2.14 bits per heavy atom. The van der Waals surface area contributed by atoms with Gasteiger partial charge in [0.15, 0.2) is 10.0 Å². The maximum Gasteiger partial charge on any atom is 0.246 e. The van der Waals surface area contributed by atoms with Crippen molar-refractivity contribution < 1.29 is 4.74 Å². The van der Waals surface area contributed by atoms with Gasteiger partial charge >= 0.3 is 0 Å². The lowest BCUT2D eigenvalue weighted by molar-refractivity contribution is 0.321. The smallest absolute Gasteiger partial charge is 0.246 e. The van der Waals surface area contributed by atoms with E-state index >= 15 is 0 Å². The fourth-order valence-corrected chi connectivity index (χ4v) is 2.08. The van der Waals surface area contributed by atoms with Gasteiger partial charge in [0.2, 0.25) is 5.88 Å². The zero-order valence-corrected chi connectivity index (χ0v) is 13.9. The number of benzene rings is 1. The van der Waals surface area contributed by atoms with Crippen LogP contribution in [0.4, 0.5) is 11.4 Å². The molecule has 0 aliphatic heterocycles. The molecular weight excluding hydrogens is 328 g/mol. The highest BCUT2D eigenvalue weighted by Crippen LogP contribution is 2.34. The van der Waals surface area contributed by atoms with Gasteiger partial charge in [0.25, 0.3) is 0 Å². The van der Waals surface area contributed by atoms with Crippen molar-refractivity contribution in [3.05, 3.63) is 35.0 Å². The molecule has 0 saturated heterocycles. The lowest BCUT2D eigenvalue weighted by Crippen LogP contribution is -2.07. The van der Waals surface area contributed by atoms with Crippen molar-refractivity contribution in [2.75, 3.05) is 6.61 Å². The van der Waals surface area contributed by atoms with Crippen molar-refractivity contribution in [1.29, 1.82) is 0 Å². The van der Waals surface area contributed by atoms with Crippen LogP contribution in [0.1, 0.15) is 12.6 Å². The average Bonchev–Trinajstić information content (AvgIpc) is 2.75. The second kappa shape index (κ2) is 7.02. The monoisotopic (exact) mass is 340 g/mol. The van der Waals surface area contributed by atoms with E-state index in [1.54, 1.807) is 19.1 Å². The van der Waals surface area contributed by atoms with Crippen LogP contribution in [0.2, 0.25) is 5.02 Å². The summed E-state index contributed by atoms with van der Waals surface area (Å²) in [4.78, 5) is 0. The van der Waals surface area contributed by atoms with Crippen molar-refractivity contribution >= 4 is 52.1 Å². The number of aryl methyl sites for hydroxylation is 1. The Bertz CT molecular complexity index is 699. The van der Waals surface area contributed by atoms with Crippen LogP contribution in [0, 0.1) is 6.92 Å². The highest BCUT2D eigenvalue weighted by atomic mass is 35.5. The summed E-state index contributed by atoms with van der Waals surface area (Å²) in [7, 11) is 0. The van der Waals surface area contributed by atoms with Gasteiger partial charge in [0, 0.05) is 0 Å². The van der Waals surface area contributed by atoms with Crippen LogP contribution >= 0.6 is 36.4 Å². The number of nitrogens with zero attached hydrogens (tertiary/aromatic N) is 4. The SMILES string of the molecule is CCOc1c(N=Nc2ccccc2Cl)c(C)nn1C(=S)S. The van der Waals surface area contributed by atoms with Crippen LogP contribution in [0.25, 0.3) is 0 Å². The van der Waals surface area contributed by atoms with E-state index in [-0.39, 0.29) is 4.32 Å². The van der Waals surface area contributed by atoms with Crippen molar-refractivity contribution in [1.82, 2.24) is 9.78 Å². The topological polar surface area (TPSA) is 51.8 Å². The first kappa shape index (κ1) is 15.9. The first-order chi connectivity index (χ1) is 10.0. The van der Waals surface area contributed by atoms with Gasteiger partial charge in [0.05, 0.1) is 17.3 Å². The number of hydrogen-bond acceptors (Lipinski definition) is 5. The molecule has 0 atom stereocenters. The van der Waals surface area contributed by atoms with Crippen LogP contribution in [-0.4, -0.2) is 20.7 Å². The zero-order valence-electron chi connectivity index (χ0n) is 11.4. The first-order valence-electron chi connectivity index (χ1n) is 6.16. The lowest BCUT2D eigenvalue weighted by Gasteiger charge is -2.05. The molecule has 0 aliphatic carbocycles. The van der Waals surface area contributed by atoms with Gasteiger partial charge < -0.3 is 4.74 Å². The van der Waals surface area contributed by atoms with Crippen molar-refractivity contribution in [3.63, 3.8) is 0 Å². The van der Waals surface area contributed by atoms with Crippen LogP contribution in [0.15, 0.2) is 34.5 Å². The summed E-state index contributed by atoms with van der Waals surface area (Å²) < 4.78 is 7.24. The summed E-state index contributed by atoms with van der Waals surface area (Å²) >= 11 is 15.2. The molecule has 0 N–H and O–H groups in total. The summed E-state index contributed by atoms with van der Waals surface area (Å²) in [5, 5.41) is 13.1. The maximum atomic E-state index is 6.05. The third-order valence-corrected chi connectivity index (χ3v) is 3.24. The molecule has 0 bridgehead atoms. The number of thiol groups is 1. The molecule has 0 unspecified atom stereocenters. The molecule has 8 heteroatoms. The Labute approximate surface area is 138 Å². The highest BCUT2D eigenvalue weighted by molar-refractivity contribution is 8.11. The van der Waals surface area contributed by atoms with E-state index in [4.69, 9.17) is 28.6 Å². The summed E-state index contributed by atoms with van der Waals surface area (Å²) in [6.07, 6.45) is 0. The molecular formula is C13H13ClN4OS2. The molecule has 1 aromatic carbocycles. The molecule has 5 nitrogen and oxygen atoms in total. The molecule has 0 radical (unpaired) electrons. The summed E-state index contributed by atoms with van der Waals surface area (Å²) in [5.41, 5.74) is 1.72. The lowest BCUT2D eigenvalue weighted by atomic mass is 10.3. The fourth-order valence-electron chi connectivity index (χ4n) is 1.65. The Morgan fingerprint density at radius 1 is 1.43 bits per heavy atom. The number of rotatable bonds is 4. The van der Waals surface area contributed by atoms with Gasteiger partial charge in [-0.1, -0.05) is 36.0 Å². The molecule has 2 rings (SSSR count). The van der Waals surface area contributed by atoms with E-state index in [9.17, 15) is 0 Å². The Balaban J connectivity index is 2.44. The number of halogens is 1. The molecule has 1 aromatic heterocycles. The third kappa shape index (κ3) is 3.61. The molecule has 0 fully saturated rings. The summed E-state index contributed by atoms with van der Waals surface area (Å²) in [6.45, 7) is 4.12. The number of hydrogen-bond donors (Lipinski definition) is 1. The minimum absolute atomic E-state index is 0.278. The molecule has 0 amide bonds. The van der Waals surface area contributed by atoms with Gasteiger partial charge in [-0.3, -0.25) is 0 Å². The van der Waals surface area contributed by atoms with Crippen molar-refractivity contribution in [3.8, 4) is 5.88 Å². The number of thiocarbonyl (C=S) groups is 1. The van der Waals surface area contributed by atoms with Gasteiger partial charge in [-0.2, -0.15) is 9.78 Å². The van der Waals surface area contributed by atoms with E-state index in [0.717, 1.165) is 0 Å². The van der Waals surface area contributed by atoms with Gasteiger partial charge in [-0.15, -0.1) is 22.9 Å². The van der Waals surface area contributed by atoms with Crippen LogP contribution in [0.3, 0.4) is 0 Å². The van der Waals surface area contributed by atoms with Crippen molar-refractivity contribution in [2.24, 2.45) is 10.2 Å². The van der Waals surface area contributed by atoms with E-state index in [1.807, 2.05) is 19.1 Å². The molecule has 1 heterocycles. The predicted molar refractivity (Wildman–Crippen MR) is 90.7 cm³/mol. The van der Waals surface area contributed by atoms with E-state index in [0.29, 0.717) is 34.6 Å². The quantitative estimate of drug-likeness (QED) is 0.497. The molecule has 110 valence electrons. The second-order valence-corrected chi connectivity index (χ2v) is 5.54. The Hall–Kier alpha value is -1.44.